The van der Waals surface area contributed by atoms with Crippen LogP contribution in [0.4, 0.5) is 0 Å². The predicted molar refractivity (Wildman–Crippen MR) is 58.3 cm³/mol. The van der Waals surface area contributed by atoms with Gasteiger partial charge in [0, 0.05) is 7.11 Å². The van der Waals surface area contributed by atoms with Gasteiger partial charge in [0.15, 0.2) is 0 Å². The minimum Gasteiger partial charge on any atom is -0.381 e. The third-order valence-corrected chi connectivity index (χ3v) is 3.97. The summed E-state index contributed by atoms with van der Waals surface area (Å²) in [6.07, 6.45) is 8.80. The minimum atomic E-state index is 0.559. The summed E-state index contributed by atoms with van der Waals surface area (Å²) < 4.78 is 5.72. The molecule has 0 amide bonds. The molecule has 2 atom stereocenters. The van der Waals surface area contributed by atoms with Crippen LogP contribution in [0.15, 0.2) is 0 Å². The smallest absolute Gasteiger partial charge is 0.0628 e. The fraction of sp³-hybridized carbons (Fsp3) is 1.00. The summed E-state index contributed by atoms with van der Waals surface area (Å²) in [6.45, 7) is 2.40. The van der Waals surface area contributed by atoms with Crippen LogP contribution in [0, 0.1) is 11.8 Å². The number of rotatable bonds is 3. The molecule has 1 saturated carbocycles. The van der Waals surface area contributed by atoms with Crippen molar-refractivity contribution in [3.05, 3.63) is 0 Å². The molecule has 0 radical (unpaired) electrons. The normalized spacial score (nSPS) is 31.9. The molecule has 1 heterocycles. The minimum absolute atomic E-state index is 0.559. The Morgan fingerprint density at radius 2 is 1.71 bits per heavy atom. The Morgan fingerprint density at radius 1 is 1.00 bits per heavy atom. The Kier molecular flexibility index (Phi) is 3.82. The summed E-state index contributed by atoms with van der Waals surface area (Å²) >= 11 is 0. The molecule has 14 heavy (non-hydrogen) atoms. The van der Waals surface area contributed by atoms with E-state index in [0.29, 0.717) is 6.10 Å². The van der Waals surface area contributed by atoms with Crippen LogP contribution in [-0.2, 0) is 4.74 Å². The fourth-order valence-electron chi connectivity index (χ4n) is 2.91. The van der Waals surface area contributed by atoms with Crippen LogP contribution in [0.3, 0.4) is 0 Å². The highest BCUT2D eigenvalue weighted by atomic mass is 16.5. The van der Waals surface area contributed by atoms with Gasteiger partial charge in [-0.25, -0.2) is 0 Å². The van der Waals surface area contributed by atoms with Crippen LogP contribution in [0.25, 0.3) is 0 Å². The molecular formula is C12H23NO. The second kappa shape index (κ2) is 5.13. The average Bonchev–Trinajstić information content (AvgIpc) is 2.38. The highest BCUT2D eigenvalue weighted by molar-refractivity contribution is 4.84. The number of nitrogens with one attached hydrogen (secondary N) is 1. The lowest BCUT2D eigenvalue weighted by Gasteiger charge is -2.37. The van der Waals surface area contributed by atoms with E-state index in [-0.39, 0.29) is 0 Å². The third kappa shape index (κ3) is 2.29. The molecule has 2 rings (SSSR count). The lowest BCUT2D eigenvalue weighted by Crippen LogP contribution is -2.35. The standard InChI is InChI=1S/C12H23NO/c1-14-12(10-4-2-5-10)11-6-3-8-13-9-7-11/h10-13H,2-9H2,1H3. The molecule has 0 aromatic rings. The highest BCUT2D eigenvalue weighted by Gasteiger charge is 2.33. The maximum absolute atomic E-state index is 5.72. The first-order valence-corrected chi connectivity index (χ1v) is 6.15. The third-order valence-electron chi connectivity index (χ3n) is 3.97. The summed E-state index contributed by atoms with van der Waals surface area (Å²) in [5.41, 5.74) is 0. The fourth-order valence-corrected chi connectivity index (χ4v) is 2.91. The van der Waals surface area contributed by atoms with Crippen molar-refractivity contribution < 1.29 is 4.74 Å². The summed E-state index contributed by atoms with van der Waals surface area (Å²) in [5, 5.41) is 3.48. The maximum Gasteiger partial charge on any atom is 0.0628 e. The van der Waals surface area contributed by atoms with Crippen LogP contribution in [0.5, 0.6) is 0 Å². The summed E-state index contributed by atoms with van der Waals surface area (Å²) in [6, 6.07) is 0. The molecule has 2 heteroatoms. The van der Waals surface area contributed by atoms with Gasteiger partial charge in [-0.3, -0.25) is 0 Å². The molecule has 1 N–H and O–H groups in total. The molecule has 1 aliphatic heterocycles. The number of methoxy groups -OCH3 is 1. The lowest BCUT2D eigenvalue weighted by atomic mass is 9.74. The van der Waals surface area contributed by atoms with Crippen molar-refractivity contribution in [1.82, 2.24) is 5.32 Å². The maximum atomic E-state index is 5.72. The monoisotopic (exact) mass is 197 g/mol. The lowest BCUT2D eigenvalue weighted by molar-refractivity contribution is -0.0252. The second-order valence-corrected chi connectivity index (χ2v) is 4.83. The van der Waals surface area contributed by atoms with Crippen LogP contribution in [0.2, 0.25) is 0 Å². The quantitative estimate of drug-likeness (QED) is 0.749. The van der Waals surface area contributed by atoms with Gasteiger partial charge in [-0.05, 0) is 57.0 Å². The average molecular weight is 197 g/mol. The van der Waals surface area contributed by atoms with Gasteiger partial charge < -0.3 is 10.1 Å². The first-order valence-electron chi connectivity index (χ1n) is 6.15. The van der Waals surface area contributed by atoms with Gasteiger partial charge in [-0.2, -0.15) is 0 Å². The summed E-state index contributed by atoms with van der Waals surface area (Å²) in [7, 11) is 1.90. The molecule has 0 spiro atoms. The van der Waals surface area contributed by atoms with Crippen LogP contribution >= 0.6 is 0 Å². The van der Waals surface area contributed by atoms with Gasteiger partial charge >= 0.3 is 0 Å². The second-order valence-electron chi connectivity index (χ2n) is 4.83. The van der Waals surface area contributed by atoms with Crippen LogP contribution in [0.1, 0.15) is 38.5 Å². The molecule has 2 nitrogen and oxygen atoms in total. The highest BCUT2D eigenvalue weighted by Crippen LogP contribution is 2.36. The largest absolute Gasteiger partial charge is 0.381 e. The van der Waals surface area contributed by atoms with E-state index in [9.17, 15) is 0 Å². The Hall–Kier alpha value is -0.0800. The number of hydrogen-bond acceptors (Lipinski definition) is 2. The van der Waals surface area contributed by atoms with E-state index in [1.54, 1.807) is 0 Å². The van der Waals surface area contributed by atoms with E-state index < -0.39 is 0 Å². The van der Waals surface area contributed by atoms with E-state index in [2.05, 4.69) is 5.32 Å². The number of hydrogen-bond donors (Lipinski definition) is 1. The zero-order valence-corrected chi connectivity index (χ0v) is 9.30. The number of ether oxygens (including phenoxy) is 1. The predicted octanol–water partition coefficient (Wildman–Crippen LogP) is 2.19. The van der Waals surface area contributed by atoms with Crippen molar-refractivity contribution in [2.24, 2.45) is 11.8 Å². The first-order chi connectivity index (χ1) is 6.92. The van der Waals surface area contributed by atoms with Crippen LogP contribution in [-0.4, -0.2) is 26.3 Å². The molecule has 2 unspecified atom stereocenters. The van der Waals surface area contributed by atoms with Crippen molar-refractivity contribution in [2.45, 2.75) is 44.6 Å². The molecule has 2 fully saturated rings. The Morgan fingerprint density at radius 3 is 2.36 bits per heavy atom. The molecule has 0 bridgehead atoms. The van der Waals surface area contributed by atoms with Gasteiger partial charge in [0.1, 0.15) is 0 Å². The summed E-state index contributed by atoms with van der Waals surface area (Å²) in [4.78, 5) is 0. The molecule has 1 aliphatic carbocycles. The van der Waals surface area contributed by atoms with E-state index in [0.717, 1.165) is 11.8 Å². The topological polar surface area (TPSA) is 21.3 Å². The molecule has 2 aliphatic rings. The Balaban J connectivity index is 1.87. The van der Waals surface area contributed by atoms with E-state index in [1.165, 1.54) is 51.6 Å². The molecule has 0 aromatic heterocycles. The molecular weight excluding hydrogens is 174 g/mol. The molecule has 1 saturated heterocycles. The van der Waals surface area contributed by atoms with E-state index >= 15 is 0 Å². The van der Waals surface area contributed by atoms with Gasteiger partial charge in [0.25, 0.3) is 0 Å². The van der Waals surface area contributed by atoms with Crippen molar-refractivity contribution in [2.75, 3.05) is 20.2 Å². The van der Waals surface area contributed by atoms with Crippen molar-refractivity contribution >= 4 is 0 Å². The van der Waals surface area contributed by atoms with Gasteiger partial charge in [0.05, 0.1) is 6.10 Å². The van der Waals surface area contributed by atoms with Gasteiger partial charge in [-0.1, -0.05) is 6.42 Å². The van der Waals surface area contributed by atoms with Crippen molar-refractivity contribution in [3.63, 3.8) is 0 Å². The van der Waals surface area contributed by atoms with Gasteiger partial charge in [0.2, 0.25) is 0 Å². The Bertz CT molecular complexity index is 160. The summed E-state index contributed by atoms with van der Waals surface area (Å²) in [5.74, 6) is 1.70. The molecule has 0 aromatic carbocycles. The SMILES string of the molecule is COC(C1CCC1)C1CCCNCC1. The van der Waals surface area contributed by atoms with E-state index in [1.807, 2.05) is 7.11 Å². The van der Waals surface area contributed by atoms with Crippen LogP contribution < -0.4 is 5.32 Å². The van der Waals surface area contributed by atoms with Gasteiger partial charge in [-0.15, -0.1) is 0 Å². The molecule has 82 valence electrons. The zero-order chi connectivity index (χ0) is 9.80. The van der Waals surface area contributed by atoms with E-state index in [4.69, 9.17) is 4.74 Å². The zero-order valence-electron chi connectivity index (χ0n) is 9.30. The van der Waals surface area contributed by atoms with Crippen molar-refractivity contribution in [1.29, 1.82) is 0 Å². The Labute approximate surface area is 87.4 Å². The van der Waals surface area contributed by atoms with Crippen molar-refractivity contribution in [3.8, 4) is 0 Å². The first kappa shape index (κ1) is 10.4.